The number of unbranched alkanes of at least 4 members (excludes halogenated alkanes) is 1. The van der Waals surface area contributed by atoms with Gasteiger partial charge in [0.2, 0.25) is 0 Å². The van der Waals surface area contributed by atoms with Crippen LogP contribution in [0.5, 0.6) is 0 Å². The molecule has 0 bridgehead atoms. The maximum Gasteiger partial charge on any atom is 0.631 e. The van der Waals surface area contributed by atoms with E-state index in [2.05, 4.69) is 16.5 Å². The molecule has 0 fully saturated rings. The summed E-state index contributed by atoms with van der Waals surface area (Å²) in [6, 6.07) is 0. The first-order valence-corrected chi connectivity index (χ1v) is 4.58. The third-order valence-electron chi connectivity index (χ3n) is 1.67. The average molecular weight is 200 g/mol. The summed E-state index contributed by atoms with van der Waals surface area (Å²) in [6.45, 7) is 2.20. The van der Waals surface area contributed by atoms with E-state index in [4.69, 9.17) is 15.1 Å². The molecule has 0 aliphatic heterocycles. The van der Waals surface area contributed by atoms with E-state index in [1.807, 2.05) is 19.4 Å². The van der Waals surface area contributed by atoms with E-state index in [1.54, 1.807) is 0 Å². The molecule has 5 nitrogen and oxygen atoms in total. The van der Waals surface area contributed by atoms with Crippen molar-refractivity contribution in [2.45, 2.75) is 26.2 Å². The number of hydrogen-bond donors (Lipinski definition) is 3. The van der Waals surface area contributed by atoms with Gasteiger partial charge < -0.3 is 19.6 Å². The Labute approximate surface area is 84.2 Å². The van der Waals surface area contributed by atoms with Crippen molar-refractivity contribution in [3.05, 3.63) is 18.2 Å². The third-order valence-corrected chi connectivity index (χ3v) is 1.67. The van der Waals surface area contributed by atoms with Gasteiger partial charge in [-0.1, -0.05) is 13.3 Å². The van der Waals surface area contributed by atoms with Gasteiger partial charge in [-0.3, -0.25) is 0 Å². The predicted molar refractivity (Wildman–Crippen MR) is 54.2 cm³/mol. The van der Waals surface area contributed by atoms with E-state index < -0.39 is 7.32 Å². The molecule has 0 spiro atoms. The Morgan fingerprint density at radius 3 is 2.36 bits per heavy atom. The van der Waals surface area contributed by atoms with Gasteiger partial charge in [0.25, 0.3) is 0 Å². The summed E-state index contributed by atoms with van der Waals surface area (Å²) in [7, 11) is -0.127. The first-order chi connectivity index (χ1) is 6.57. The number of aryl methyl sites for hydroxylation is 2. The summed E-state index contributed by atoms with van der Waals surface area (Å²) >= 11 is 0. The van der Waals surface area contributed by atoms with Crippen LogP contribution < -0.4 is 0 Å². The van der Waals surface area contributed by atoms with Crippen molar-refractivity contribution in [3.8, 4) is 0 Å². The van der Waals surface area contributed by atoms with Gasteiger partial charge in [0, 0.05) is 25.9 Å². The molecule has 0 aliphatic carbocycles. The Morgan fingerprint density at radius 2 is 2.00 bits per heavy atom. The zero-order chi connectivity index (χ0) is 11.0. The lowest BCUT2D eigenvalue weighted by Crippen LogP contribution is -2.07. The highest BCUT2D eigenvalue weighted by molar-refractivity contribution is 6.30. The van der Waals surface area contributed by atoms with Crippen LogP contribution in [0.25, 0.3) is 0 Å². The summed E-state index contributed by atoms with van der Waals surface area (Å²) in [5, 5.41) is 21.5. The first kappa shape index (κ1) is 13.2. The molecular formula is C8H17BN2O3. The zero-order valence-electron chi connectivity index (χ0n) is 8.59. The SMILES string of the molecule is CCCCc1nccn1C.OB(O)O. The largest absolute Gasteiger partial charge is 0.631 e. The van der Waals surface area contributed by atoms with Crippen LogP contribution in [-0.4, -0.2) is 31.9 Å². The topological polar surface area (TPSA) is 78.5 Å². The van der Waals surface area contributed by atoms with Crippen LogP contribution in [0.2, 0.25) is 0 Å². The van der Waals surface area contributed by atoms with Crippen molar-refractivity contribution >= 4 is 7.32 Å². The van der Waals surface area contributed by atoms with Crippen molar-refractivity contribution in [2.75, 3.05) is 0 Å². The Hall–Kier alpha value is -0.845. The molecule has 0 saturated carbocycles. The summed E-state index contributed by atoms with van der Waals surface area (Å²) in [5.41, 5.74) is 0. The minimum absolute atomic E-state index is 1.11. The molecule has 0 saturated heterocycles. The highest BCUT2D eigenvalue weighted by atomic mass is 16.5. The fourth-order valence-corrected chi connectivity index (χ4v) is 0.972. The fraction of sp³-hybridized carbons (Fsp3) is 0.625. The van der Waals surface area contributed by atoms with Gasteiger partial charge in [0.1, 0.15) is 5.82 Å². The van der Waals surface area contributed by atoms with E-state index in [0.29, 0.717) is 0 Å². The van der Waals surface area contributed by atoms with Crippen LogP contribution in [-0.2, 0) is 13.5 Å². The van der Waals surface area contributed by atoms with E-state index in [-0.39, 0.29) is 0 Å². The highest BCUT2D eigenvalue weighted by Crippen LogP contribution is 2.00. The predicted octanol–water partition coefficient (Wildman–Crippen LogP) is -0.289. The normalized spacial score (nSPS) is 9.21. The summed E-state index contributed by atoms with van der Waals surface area (Å²) in [5.74, 6) is 1.20. The molecule has 1 rings (SSSR count). The van der Waals surface area contributed by atoms with Crippen LogP contribution in [0.3, 0.4) is 0 Å². The van der Waals surface area contributed by atoms with Crippen molar-refractivity contribution in [1.82, 2.24) is 9.55 Å². The second kappa shape index (κ2) is 7.55. The summed E-state index contributed by atoms with van der Waals surface area (Å²) in [6.07, 6.45) is 7.44. The molecule has 6 heteroatoms. The summed E-state index contributed by atoms with van der Waals surface area (Å²) in [4.78, 5) is 4.22. The van der Waals surface area contributed by atoms with Gasteiger partial charge in [-0.05, 0) is 6.42 Å². The van der Waals surface area contributed by atoms with Gasteiger partial charge in [0.05, 0.1) is 0 Å². The Balaban J connectivity index is 0.000000364. The molecule has 14 heavy (non-hydrogen) atoms. The smallest absolute Gasteiger partial charge is 0.402 e. The number of nitrogens with zero attached hydrogens (tertiary/aromatic N) is 2. The van der Waals surface area contributed by atoms with Gasteiger partial charge in [-0.25, -0.2) is 4.98 Å². The lowest BCUT2D eigenvalue weighted by molar-refractivity contribution is 0.278. The molecule has 1 heterocycles. The van der Waals surface area contributed by atoms with E-state index in [9.17, 15) is 0 Å². The second-order valence-electron chi connectivity index (χ2n) is 2.90. The van der Waals surface area contributed by atoms with E-state index in [0.717, 1.165) is 6.42 Å². The number of hydrogen-bond acceptors (Lipinski definition) is 4. The molecule has 1 aromatic rings. The highest BCUT2D eigenvalue weighted by Gasteiger charge is 1.95. The average Bonchev–Trinajstić information content (AvgIpc) is 2.47. The molecule has 0 radical (unpaired) electrons. The van der Waals surface area contributed by atoms with Crippen molar-refractivity contribution in [2.24, 2.45) is 7.05 Å². The van der Waals surface area contributed by atoms with Crippen molar-refractivity contribution in [3.63, 3.8) is 0 Å². The second-order valence-corrected chi connectivity index (χ2v) is 2.90. The standard InChI is InChI=1S/C8H14N2.BH3O3/c1-3-4-5-8-9-6-7-10(8)2;2-1(3)4/h6-7H,3-5H2,1-2H3;2-4H. The molecule has 0 atom stereocenters. The van der Waals surface area contributed by atoms with Crippen molar-refractivity contribution < 1.29 is 15.1 Å². The zero-order valence-corrected chi connectivity index (χ0v) is 8.59. The first-order valence-electron chi connectivity index (χ1n) is 4.58. The molecular weight excluding hydrogens is 183 g/mol. The maximum absolute atomic E-state index is 7.17. The molecule has 0 unspecified atom stereocenters. The van der Waals surface area contributed by atoms with E-state index >= 15 is 0 Å². The molecule has 80 valence electrons. The fourth-order valence-electron chi connectivity index (χ4n) is 0.972. The Kier molecular flexibility index (Phi) is 7.09. The van der Waals surface area contributed by atoms with Crippen molar-refractivity contribution in [1.29, 1.82) is 0 Å². The number of aromatic nitrogens is 2. The van der Waals surface area contributed by atoms with Crippen LogP contribution in [0, 0.1) is 0 Å². The summed E-state index contributed by atoms with van der Waals surface area (Å²) < 4.78 is 2.08. The molecule has 0 aromatic carbocycles. The minimum Gasteiger partial charge on any atom is -0.402 e. The monoisotopic (exact) mass is 200 g/mol. The van der Waals surface area contributed by atoms with Crippen LogP contribution in [0.1, 0.15) is 25.6 Å². The lowest BCUT2D eigenvalue weighted by atomic mass is 10.2. The van der Waals surface area contributed by atoms with Gasteiger partial charge in [-0.2, -0.15) is 0 Å². The number of rotatable bonds is 3. The molecule has 1 aromatic heterocycles. The van der Waals surface area contributed by atoms with Crippen LogP contribution >= 0.6 is 0 Å². The van der Waals surface area contributed by atoms with Gasteiger partial charge >= 0.3 is 7.32 Å². The van der Waals surface area contributed by atoms with Crippen LogP contribution in [0.15, 0.2) is 12.4 Å². The Morgan fingerprint density at radius 1 is 1.43 bits per heavy atom. The quantitative estimate of drug-likeness (QED) is 0.586. The lowest BCUT2D eigenvalue weighted by Gasteiger charge is -1.97. The van der Waals surface area contributed by atoms with Crippen LogP contribution in [0.4, 0.5) is 0 Å². The minimum atomic E-state index is -2.17. The molecule has 3 N–H and O–H groups in total. The third kappa shape index (κ3) is 6.65. The molecule has 0 aliphatic rings. The van der Waals surface area contributed by atoms with Gasteiger partial charge in [-0.15, -0.1) is 0 Å². The van der Waals surface area contributed by atoms with E-state index in [1.165, 1.54) is 18.7 Å². The maximum atomic E-state index is 7.17. The Bertz CT molecular complexity index is 237. The molecule has 0 amide bonds. The number of imidazole rings is 1. The van der Waals surface area contributed by atoms with Gasteiger partial charge in [0.15, 0.2) is 0 Å².